The maximum atomic E-state index is 12.5. The molecule has 1 aliphatic rings. The highest BCUT2D eigenvalue weighted by atomic mass is 16.5. The van der Waals surface area contributed by atoms with Crippen molar-refractivity contribution in [1.29, 1.82) is 0 Å². The van der Waals surface area contributed by atoms with Crippen molar-refractivity contribution >= 4 is 5.91 Å². The molecule has 0 saturated carbocycles. The first-order valence-electron chi connectivity index (χ1n) is 7.45. The molecule has 1 amide bonds. The summed E-state index contributed by atoms with van der Waals surface area (Å²) in [6, 6.07) is 2.78. The molecule has 9 heteroatoms. The summed E-state index contributed by atoms with van der Waals surface area (Å²) < 4.78 is 6.81. The number of ether oxygens (including phenoxy) is 1. The third-order valence-electron chi connectivity index (χ3n) is 3.71. The van der Waals surface area contributed by atoms with E-state index in [1.54, 1.807) is 4.90 Å². The molecule has 2 aromatic heterocycles. The van der Waals surface area contributed by atoms with Gasteiger partial charge in [0.25, 0.3) is 11.5 Å². The molecule has 0 radical (unpaired) electrons. The Kier molecular flexibility index (Phi) is 4.20. The van der Waals surface area contributed by atoms with Gasteiger partial charge in [0.05, 0.1) is 13.2 Å². The number of nitrogens with one attached hydrogen (secondary N) is 1. The molecule has 0 aliphatic carbocycles. The number of morpholine rings is 1. The van der Waals surface area contributed by atoms with E-state index in [0.29, 0.717) is 25.5 Å². The van der Waals surface area contributed by atoms with Gasteiger partial charge < -0.3 is 9.64 Å². The highest BCUT2D eigenvalue weighted by Crippen LogP contribution is 2.20. The van der Waals surface area contributed by atoms with Crippen LogP contribution in [0.25, 0.3) is 0 Å². The third kappa shape index (κ3) is 3.14. The minimum absolute atomic E-state index is 0.233. The number of carbonyl (C=O) groups is 1. The topological polar surface area (TPSA) is 106 Å². The van der Waals surface area contributed by atoms with Crippen LogP contribution in [0.2, 0.25) is 0 Å². The van der Waals surface area contributed by atoms with Gasteiger partial charge in [0, 0.05) is 26.1 Å². The average Bonchev–Trinajstić information content (AvgIpc) is 3.06. The van der Waals surface area contributed by atoms with E-state index < -0.39 is 0 Å². The molecule has 1 N–H and O–H groups in total. The second-order valence-corrected chi connectivity index (χ2v) is 5.28. The molecule has 1 atom stereocenters. The van der Waals surface area contributed by atoms with Crippen molar-refractivity contribution in [3.8, 4) is 0 Å². The smallest absolute Gasteiger partial charge is 0.274 e. The van der Waals surface area contributed by atoms with Gasteiger partial charge in [-0.25, -0.2) is 9.67 Å². The number of nitrogens with zero attached hydrogens (tertiary/aromatic N) is 5. The minimum Gasteiger partial charge on any atom is -0.366 e. The Labute approximate surface area is 132 Å². The van der Waals surface area contributed by atoms with Crippen LogP contribution in [0.5, 0.6) is 0 Å². The lowest BCUT2D eigenvalue weighted by Gasteiger charge is -2.31. The van der Waals surface area contributed by atoms with Gasteiger partial charge in [0.2, 0.25) is 0 Å². The van der Waals surface area contributed by atoms with E-state index in [0.717, 1.165) is 16.9 Å². The quantitative estimate of drug-likeness (QED) is 0.831. The number of aromatic nitrogens is 5. The fourth-order valence-electron chi connectivity index (χ4n) is 2.38. The van der Waals surface area contributed by atoms with E-state index in [1.165, 1.54) is 19.2 Å². The van der Waals surface area contributed by atoms with Gasteiger partial charge in [-0.05, 0) is 6.07 Å². The molecule has 0 spiro atoms. The number of hydrogen-bond acceptors (Lipinski definition) is 6. The molecule has 9 nitrogen and oxygen atoms in total. The van der Waals surface area contributed by atoms with Crippen LogP contribution in [0.1, 0.15) is 35.2 Å². The number of rotatable bonds is 3. The Bertz CT molecular complexity index is 768. The normalized spacial score (nSPS) is 18.2. The molecular formula is C14H18N6O3. The van der Waals surface area contributed by atoms with Crippen LogP contribution in [0.4, 0.5) is 0 Å². The van der Waals surface area contributed by atoms with Gasteiger partial charge in [-0.1, -0.05) is 6.92 Å². The zero-order valence-corrected chi connectivity index (χ0v) is 13.0. The number of carbonyl (C=O) groups excluding carboxylic acids is 1. The van der Waals surface area contributed by atoms with Gasteiger partial charge in [0.15, 0.2) is 5.82 Å². The first-order chi connectivity index (χ1) is 11.1. The van der Waals surface area contributed by atoms with Crippen molar-refractivity contribution in [1.82, 2.24) is 29.9 Å². The third-order valence-corrected chi connectivity index (χ3v) is 3.71. The summed E-state index contributed by atoms with van der Waals surface area (Å²) in [6.45, 7) is 3.20. The Morgan fingerprint density at radius 1 is 1.48 bits per heavy atom. The molecule has 1 fully saturated rings. The maximum absolute atomic E-state index is 12.5. The summed E-state index contributed by atoms with van der Waals surface area (Å²) in [5.41, 5.74) is -0.0220. The van der Waals surface area contributed by atoms with E-state index in [4.69, 9.17) is 4.74 Å². The lowest BCUT2D eigenvalue weighted by Crippen LogP contribution is -2.43. The van der Waals surface area contributed by atoms with E-state index in [9.17, 15) is 9.59 Å². The average molecular weight is 318 g/mol. The standard InChI is InChI=1S/C14H18N6O3/c1-3-11-15-13(17-16-11)10-8-20(6-7-23-10)14(22)9-4-5-12(21)19(2)18-9/h4-5,10H,3,6-8H2,1-2H3,(H,15,16,17)/t10-/m1/s1. The molecule has 0 bridgehead atoms. The van der Waals surface area contributed by atoms with Crippen LogP contribution in [0, 0.1) is 0 Å². The summed E-state index contributed by atoms with van der Waals surface area (Å²) in [7, 11) is 1.52. The van der Waals surface area contributed by atoms with Crippen molar-refractivity contribution < 1.29 is 9.53 Å². The number of amides is 1. The zero-order valence-electron chi connectivity index (χ0n) is 13.0. The van der Waals surface area contributed by atoms with E-state index >= 15 is 0 Å². The largest absolute Gasteiger partial charge is 0.366 e. The Hall–Kier alpha value is -2.55. The molecule has 1 saturated heterocycles. The molecule has 2 aromatic rings. The lowest BCUT2D eigenvalue weighted by atomic mass is 10.2. The van der Waals surface area contributed by atoms with E-state index in [-0.39, 0.29) is 23.3 Å². The predicted molar refractivity (Wildman–Crippen MR) is 79.8 cm³/mol. The second kappa shape index (κ2) is 6.29. The van der Waals surface area contributed by atoms with Crippen LogP contribution in [0.15, 0.2) is 16.9 Å². The van der Waals surface area contributed by atoms with Crippen molar-refractivity contribution in [2.75, 3.05) is 19.7 Å². The van der Waals surface area contributed by atoms with Crippen molar-refractivity contribution in [2.24, 2.45) is 7.05 Å². The summed E-state index contributed by atoms with van der Waals surface area (Å²) >= 11 is 0. The Morgan fingerprint density at radius 2 is 2.30 bits per heavy atom. The highest BCUT2D eigenvalue weighted by Gasteiger charge is 2.29. The number of H-pyrrole nitrogens is 1. The monoisotopic (exact) mass is 318 g/mol. The molecule has 23 heavy (non-hydrogen) atoms. The summed E-state index contributed by atoms with van der Waals surface area (Å²) in [5, 5.41) is 11.0. The van der Waals surface area contributed by atoms with Crippen LogP contribution >= 0.6 is 0 Å². The number of aryl methyl sites for hydroxylation is 2. The maximum Gasteiger partial charge on any atom is 0.274 e. The fourth-order valence-corrected chi connectivity index (χ4v) is 2.38. The Balaban J connectivity index is 1.76. The number of aromatic amines is 1. The zero-order chi connectivity index (χ0) is 16.4. The van der Waals surface area contributed by atoms with Crippen LogP contribution in [-0.4, -0.2) is 55.5 Å². The van der Waals surface area contributed by atoms with Gasteiger partial charge in [-0.2, -0.15) is 10.2 Å². The van der Waals surface area contributed by atoms with Gasteiger partial charge >= 0.3 is 0 Å². The summed E-state index contributed by atoms with van der Waals surface area (Å²) in [4.78, 5) is 29.9. The first-order valence-corrected chi connectivity index (χ1v) is 7.45. The molecule has 0 aromatic carbocycles. The van der Waals surface area contributed by atoms with E-state index in [1.807, 2.05) is 6.92 Å². The van der Waals surface area contributed by atoms with Crippen molar-refractivity contribution in [2.45, 2.75) is 19.4 Å². The van der Waals surface area contributed by atoms with Crippen molar-refractivity contribution in [3.05, 3.63) is 39.8 Å². The first kappa shape index (κ1) is 15.3. The molecule has 0 unspecified atom stereocenters. The van der Waals surface area contributed by atoms with Gasteiger partial charge in [-0.15, -0.1) is 0 Å². The van der Waals surface area contributed by atoms with Gasteiger partial charge in [0.1, 0.15) is 17.6 Å². The van der Waals surface area contributed by atoms with E-state index in [2.05, 4.69) is 20.3 Å². The van der Waals surface area contributed by atoms with Crippen LogP contribution in [-0.2, 0) is 18.2 Å². The highest BCUT2D eigenvalue weighted by molar-refractivity contribution is 5.92. The number of hydrogen-bond donors (Lipinski definition) is 1. The molecule has 3 rings (SSSR count). The SMILES string of the molecule is CCc1nc([C@H]2CN(C(=O)c3ccc(=O)n(C)n3)CCO2)n[nH]1. The molecule has 122 valence electrons. The van der Waals surface area contributed by atoms with Crippen molar-refractivity contribution in [3.63, 3.8) is 0 Å². The van der Waals surface area contributed by atoms with Gasteiger partial charge in [-0.3, -0.25) is 14.7 Å². The van der Waals surface area contributed by atoms with Crippen LogP contribution in [0.3, 0.4) is 0 Å². The summed E-state index contributed by atoms with van der Waals surface area (Å²) in [6.07, 6.45) is 0.390. The summed E-state index contributed by atoms with van der Waals surface area (Å²) in [5.74, 6) is 1.10. The predicted octanol–water partition coefficient (Wildman–Crippen LogP) is -0.325. The second-order valence-electron chi connectivity index (χ2n) is 5.28. The molecule has 3 heterocycles. The molecular weight excluding hydrogens is 300 g/mol. The molecule has 1 aliphatic heterocycles. The minimum atomic E-state index is -0.364. The van der Waals surface area contributed by atoms with Crippen LogP contribution < -0.4 is 5.56 Å². The Morgan fingerprint density at radius 3 is 3.00 bits per heavy atom. The lowest BCUT2D eigenvalue weighted by molar-refractivity contribution is -0.0269. The fraction of sp³-hybridized carbons (Fsp3) is 0.500.